The molecule has 0 bridgehead atoms. The number of hydrogen-bond donors (Lipinski definition) is 1. The molecule has 0 aliphatic heterocycles. The summed E-state index contributed by atoms with van der Waals surface area (Å²) in [6.45, 7) is 7.85. The summed E-state index contributed by atoms with van der Waals surface area (Å²) in [7, 11) is 3.85. The van der Waals surface area contributed by atoms with Gasteiger partial charge in [-0.2, -0.15) is 0 Å². The zero-order valence-electron chi connectivity index (χ0n) is 13.1. The summed E-state index contributed by atoms with van der Waals surface area (Å²) in [6.07, 6.45) is 1.19. The van der Waals surface area contributed by atoms with Gasteiger partial charge in [0.1, 0.15) is 0 Å². The minimum absolute atomic E-state index is 0.674. The summed E-state index contributed by atoms with van der Waals surface area (Å²) in [5, 5.41) is 4.19. The molecule has 1 atom stereocenters. The Hall–Kier alpha value is -0.770. The van der Waals surface area contributed by atoms with E-state index in [1.807, 2.05) is 12.1 Å². The van der Waals surface area contributed by atoms with Gasteiger partial charge in [-0.25, -0.2) is 0 Å². The summed E-state index contributed by atoms with van der Waals surface area (Å²) in [5.74, 6) is 0.674. The molecule has 1 unspecified atom stereocenters. The number of benzene rings is 1. The van der Waals surface area contributed by atoms with E-state index < -0.39 is 0 Å². The van der Waals surface area contributed by atoms with E-state index in [1.165, 1.54) is 12.1 Å². The Bertz CT molecular complexity index is 398. The minimum Gasteiger partial charge on any atom is -0.383 e. The molecule has 1 N–H and O–H groups in total. The molecule has 0 aromatic heterocycles. The molecule has 20 heavy (non-hydrogen) atoms. The summed E-state index contributed by atoms with van der Waals surface area (Å²) in [4.78, 5) is 2.30. The molecule has 1 rings (SSSR count). The van der Waals surface area contributed by atoms with Crippen LogP contribution in [-0.4, -0.2) is 33.9 Å². The zero-order chi connectivity index (χ0) is 15.0. The van der Waals surface area contributed by atoms with Gasteiger partial charge in [0.2, 0.25) is 0 Å². The molecule has 4 heteroatoms. The first-order valence-corrected chi connectivity index (χ1v) is 7.66. The number of nitrogens with one attached hydrogen (secondary N) is 1. The lowest BCUT2D eigenvalue weighted by Crippen LogP contribution is -2.26. The first-order chi connectivity index (χ1) is 9.60. The standard InChI is InChI=1S/C16H27ClN2O/c1-5-13(2)12-19(3)16-8-6-7-15(17)14(16)11-18-9-10-20-4/h6-8,13,18H,5,9-12H2,1-4H3. The molecule has 114 valence electrons. The van der Waals surface area contributed by atoms with E-state index in [0.717, 1.165) is 30.2 Å². The van der Waals surface area contributed by atoms with Gasteiger partial charge >= 0.3 is 0 Å². The van der Waals surface area contributed by atoms with Crippen molar-refractivity contribution < 1.29 is 4.74 Å². The second-order valence-corrected chi connectivity index (χ2v) is 5.71. The Morgan fingerprint density at radius 1 is 1.40 bits per heavy atom. The number of rotatable bonds is 9. The maximum atomic E-state index is 6.36. The fraction of sp³-hybridized carbons (Fsp3) is 0.625. The maximum Gasteiger partial charge on any atom is 0.0587 e. The molecule has 0 fully saturated rings. The van der Waals surface area contributed by atoms with E-state index in [-0.39, 0.29) is 0 Å². The average Bonchev–Trinajstić information content (AvgIpc) is 2.44. The Morgan fingerprint density at radius 3 is 2.80 bits per heavy atom. The monoisotopic (exact) mass is 298 g/mol. The summed E-state index contributed by atoms with van der Waals surface area (Å²) in [5.41, 5.74) is 2.37. The van der Waals surface area contributed by atoms with E-state index in [0.29, 0.717) is 12.5 Å². The minimum atomic E-state index is 0.674. The van der Waals surface area contributed by atoms with Gasteiger partial charge in [-0.3, -0.25) is 0 Å². The molecule has 1 aromatic carbocycles. The Balaban J connectivity index is 2.76. The predicted octanol–water partition coefficient (Wildman–Crippen LogP) is 3.56. The first kappa shape index (κ1) is 17.3. The number of halogens is 1. The van der Waals surface area contributed by atoms with Gasteiger partial charge in [0, 0.05) is 50.1 Å². The van der Waals surface area contributed by atoms with Crippen LogP contribution in [0.3, 0.4) is 0 Å². The van der Waals surface area contributed by atoms with Crippen molar-refractivity contribution in [2.75, 3.05) is 38.8 Å². The molecule has 0 saturated carbocycles. The highest BCUT2D eigenvalue weighted by atomic mass is 35.5. The van der Waals surface area contributed by atoms with E-state index >= 15 is 0 Å². The normalized spacial score (nSPS) is 12.4. The molecule has 1 aromatic rings. The second kappa shape index (κ2) is 9.22. The van der Waals surface area contributed by atoms with E-state index in [9.17, 15) is 0 Å². The lowest BCUT2D eigenvalue weighted by Gasteiger charge is -2.26. The molecule has 0 aliphatic rings. The summed E-state index contributed by atoms with van der Waals surface area (Å²) in [6, 6.07) is 6.11. The lowest BCUT2D eigenvalue weighted by molar-refractivity contribution is 0.199. The summed E-state index contributed by atoms with van der Waals surface area (Å²) >= 11 is 6.36. The van der Waals surface area contributed by atoms with Crippen molar-refractivity contribution in [2.45, 2.75) is 26.8 Å². The lowest BCUT2D eigenvalue weighted by atomic mass is 10.1. The smallest absolute Gasteiger partial charge is 0.0587 e. The molecule has 0 aliphatic carbocycles. The molecule has 0 amide bonds. The third-order valence-electron chi connectivity index (χ3n) is 3.57. The molecular weight excluding hydrogens is 272 g/mol. The largest absolute Gasteiger partial charge is 0.383 e. The van der Waals surface area contributed by atoms with E-state index in [4.69, 9.17) is 16.3 Å². The van der Waals surface area contributed by atoms with Gasteiger partial charge in [-0.05, 0) is 18.1 Å². The highest BCUT2D eigenvalue weighted by Gasteiger charge is 2.12. The Morgan fingerprint density at radius 2 is 2.15 bits per heavy atom. The van der Waals surface area contributed by atoms with Gasteiger partial charge in [0.25, 0.3) is 0 Å². The quantitative estimate of drug-likeness (QED) is 0.706. The Kier molecular flexibility index (Phi) is 7.97. The number of hydrogen-bond acceptors (Lipinski definition) is 3. The van der Waals surface area contributed by atoms with Crippen LogP contribution < -0.4 is 10.2 Å². The van der Waals surface area contributed by atoms with Crippen LogP contribution in [0.4, 0.5) is 5.69 Å². The van der Waals surface area contributed by atoms with Crippen LogP contribution in [0, 0.1) is 5.92 Å². The third kappa shape index (κ3) is 5.31. The van der Waals surface area contributed by atoms with Gasteiger partial charge in [0.05, 0.1) is 6.61 Å². The predicted molar refractivity (Wildman–Crippen MR) is 87.8 cm³/mol. The molecule has 3 nitrogen and oxygen atoms in total. The van der Waals surface area contributed by atoms with Crippen molar-refractivity contribution in [2.24, 2.45) is 5.92 Å². The van der Waals surface area contributed by atoms with Gasteiger partial charge < -0.3 is 15.0 Å². The SMILES string of the molecule is CCC(C)CN(C)c1cccc(Cl)c1CNCCOC. The summed E-state index contributed by atoms with van der Waals surface area (Å²) < 4.78 is 5.05. The average molecular weight is 299 g/mol. The fourth-order valence-corrected chi connectivity index (χ4v) is 2.40. The van der Waals surface area contributed by atoms with Crippen LogP contribution in [0.1, 0.15) is 25.8 Å². The zero-order valence-corrected chi connectivity index (χ0v) is 13.8. The van der Waals surface area contributed by atoms with E-state index in [2.05, 4.69) is 37.2 Å². The Labute approximate surface area is 128 Å². The van der Waals surface area contributed by atoms with Crippen molar-refractivity contribution in [3.63, 3.8) is 0 Å². The number of methoxy groups -OCH3 is 1. The topological polar surface area (TPSA) is 24.5 Å². The van der Waals surface area contributed by atoms with Crippen molar-refractivity contribution >= 4 is 17.3 Å². The number of anilines is 1. The van der Waals surface area contributed by atoms with Crippen molar-refractivity contribution in [1.82, 2.24) is 5.32 Å². The van der Waals surface area contributed by atoms with Crippen molar-refractivity contribution in [3.05, 3.63) is 28.8 Å². The number of ether oxygens (including phenoxy) is 1. The van der Waals surface area contributed by atoms with Crippen molar-refractivity contribution in [3.8, 4) is 0 Å². The van der Waals surface area contributed by atoms with Crippen LogP contribution >= 0.6 is 11.6 Å². The molecular formula is C16H27ClN2O. The van der Waals surface area contributed by atoms with Crippen molar-refractivity contribution in [1.29, 1.82) is 0 Å². The third-order valence-corrected chi connectivity index (χ3v) is 3.93. The second-order valence-electron chi connectivity index (χ2n) is 5.30. The van der Waals surface area contributed by atoms with Crippen LogP contribution in [0.25, 0.3) is 0 Å². The first-order valence-electron chi connectivity index (χ1n) is 7.28. The van der Waals surface area contributed by atoms with Gasteiger partial charge in [-0.1, -0.05) is 37.9 Å². The fourth-order valence-electron chi connectivity index (χ4n) is 2.16. The highest BCUT2D eigenvalue weighted by Crippen LogP contribution is 2.27. The van der Waals surface area contributed by atoms with Crippen LogP contribution in [-0.2, 0) is 11.3 Å². The maximum absolute atomic E-state index is 6.36. The molecule has 0 saturated heterocycles. The van der Waals surface area contributed by atoms with Gasteiger partial charge in [0.15, 0.2) is 0 Å². The van der Waals surface area contributed by atoms with Crippen LogP contribution in [0.2, 0.25) is 5.02 Å². The molecule has 0 heterocycles. The number of nitrogens with zero attached hydrogens (tertiary/aromatic N) is 1. The molecule has 0 spiro atoms. The van der Waals surface area contributed by atoms with Gasteiger partial charge in [-0.15, -0.1) is 0 Å². The van der Waals surface area contributed by atoms with Crippen LogP contribution in [0.5, 0.6) is 0 Å². The highest BCUT2D eigenvalue weighted by molar-refractivity contribution is 6.31. The van der Waals surface area contributed by atoms with E-state index in [1.54, 1.807) is 7.11 Å². The molecule has 0 radical (unpaired) electrons. The van der Waals surface area contributed by atoms with Crippen LogP contribution in [0.15, 0.2) is 18.2 Å².